The zero-order valence-corrected chi connectivity index (χ0v) is 12.5. The van der Waals surface area contributed by atoms with Gasteiger partial charge in [0.25, 0.3) is 0 Å². The van der Waals surface area contributed by atoms with Crippen LogP contribution in [0.15, 0.2) is 54.6 Å². The lowest BCUT2D eigenvalue weighted by atomic mass is 9.95. The summed E-state index contributed by atoms with van der Waals surface area (Å²) in [7, 11) is 1.63. The third-order valence-electron chi connectivity index (χ3n) is 3.58. The molecule has 0 heterocycles. The van der Waals surface area contributed by atoms with E-state index in [1.807, 2.05) is 61.5 Å². The second-order valence-corrected chi connectivity index (χ2v) is 5.12. The molecule has 2 atom stereocenters. The highest BCUT2D eigenvalue weighted by atomic mass is 16.5. The Balaban J connectivity index is 1.85. The van der Waals surface area contributed by atoms with Crippen molar-refractivity contribution in [2.45, 2.75) is 19.4 Å². The van der Waals surface area contributed by atoms with Crippen LogP contribution in [0.2, 0.25) is 0 Å². The van der Waals surface area contributed by atoms with Crippen LogP contribution in [-0.2, 0) is 0 Å². The van der Waals surface area contributed by atoms with Gasteiger partial charge in [0.1, 0.15) is 0 Å². The average molecular weight is 286 g/mol. The molecular weight excluding hydrogens is 264 g/mol. The fourth-order valence-electron chi connectivity index (χ4n) is 2.23. The summed E-state index contributed by atoms with van der Waals surface area (Å²) in [6.07, 6.45) is 0.307. The third-order valence-corrected chi connectivity index (χ3v) is 3.58. The summed E-state index contributed by atoms with van der Waals surface area (Å²) in [5, 5.41) is 10.3. The summed E-state index contributed by atoms with van der Waals surface area (Å²) in [4.78, 5) is 0. The van der Waals surface area contributed by atoms with Crippen LogP contribution in [0.3, 0.4) is 0 Å². The molecule has 0 aliphatic rings. The minimum Gasteiger partial charge on any atom is -0.493 e. The van der Waals surface area contributed by atoms with Crippen molar-refractivity contribution in [2.75, 3.05) is 13.7 Å². The lowest BCUT2D eigenvalue weighted by Crippen LogP contribution is -2.13. The maximum atomic E-state index is 10.3. The zero-order valence-electron chi connectivity index (χ0n) is 12.5. The predicted octanol–water partition coefficient (Wildman–Crippen LogP) is 3.83. The molecule has 0 aliphatic heterocycles. The first-order valence-electron chi connectivity index (χ1n) is 7.21. The van der Waals surface area contributed by atoms with Gasteiger partial charge in [-0.1, -0.05) is 49.4 Å². The molecular formula is C18H22O3. The fraction of sp³-hybridized carbons (Fsp3) is 0.333. The van der Waals surface area contributed by atoms with E-state index in [2.05, 4.69) is 0 Å². The molecule has 0 radical (unpaired) electrons. The predicted molar refractivity (Wildman–Crippen MR) is 83.7 cm³/mol. The monoisotopic (exact) mass is 286 g/mol. The van der Waals surface area contributed by atoms with Crippen molar-refractivity contribution < 1.29 is 14.6 Å². The Morgan fingerprint density at radius 3 is 2.24 bits per heavy atom. The number of ether oxygens (including phenoxy) is 2. The van der Waals surface area contributed by atoms with Crippen LogP contribution in [0.25, 0.3) is 0 Å². The Bertz CT molecular complexity index is 539. The van der Waals surface area contributed by atoms with Crippen LogP contribution in [0.5, 0.6) is 11.5 Å². The van der Waals surface area contributed by atoms with Crippen LogP contribution < -0.4 is 9.47 Å². The van der Waals surface area contributed by atoms with Crippen molar-refractivity contribution in [1.29, 1.82) is 0 Å². The summed E-state index contributed by atoms with van der Waals surface area (Å²) >= 11 is 0. The highest BCUT2D eigenvalue weighted by molar-refractivity contribution is 5.39. The van der Waals surface area contributed by atoms with E-state index in [0.717, 1.165) is 23.5 Å². The quantitative estimate of drug-likeness (QED) is 0.840. The molecule has 3 heteroatoms. The van der Waals surface area contributed by atoms with Gasteiger partial charge in [-0.3, -0.25) is 0 Å². The van der Waals surface area contributed by atoms with Crippen molar-refractivity contribution in [3.8, 4) is 11.5 Å². The van der Waals surface area contributed by atoms with E-state index in [0.29, 0.717) is 6.61 Å². The number of methoxy groups -OCH3 is 1. The molecule has 0 saturated heterocycles. The van der Waals surface area contributed by atoms with Crippen LogP contribution in [0.1, 0.15) is 25.0 Å². The molecule has 2 unspecified atom stereocenters. The Kier molecular flexibility index (Phi) is 5.64. The Labute approximate surface area is 126 Å². The summed E-state index contributed by atoms with van der Waals surface area (Å²) in [5.41, 5.74) is 0.947. The van der Waals surface area contributed by atoms with E-state index in [9.17, 15) is 5.11 Å². The standard InChI is InChI=1S/C18H22O3/c1-14(18(19)15-8-4-3-5-9-15)12-13-21-17-11-7-6-10-16(17)20-2/h3-11,14,18-19H,12-13H2,1-2H3. The molecule has 1 N–H and O–H groups in total. The van der Waals surface area contributed by atoms with E-state index >= 15 is 0 Å². The van der Waals surface area contributed by atoms with Gasteiger partial charge >= 0.3 is 0 Å². The Morgan fingerprint density at radius 1 is 0.952 bits per heavy atom. The average Bonchev–Trinajstić information content (AvgIpc) is 2.55. The molecule has 2 rings (SSSR count). The van der Waals surface area contributed by atoms with Crippen molar-refractivity contribution in [2.24, 2.45) is 5.92 Å². The topological polar surface area (TPSA) is 38.7 Å². The summed E-state index contributed by atoms with van der Waals surface area (Å²) in [6, 6.07) is 17.3. The minimum atomic E-state index is -0.465. The molecule has 0 aromatic heterocycles. The molecule has 0 saturated carbocycles. The lowest BCUT2D eigenvalue weighted by Gasteiger charge is -2.19. The van der Waals surface area contributed by atoms with Gasteiger partial charge in [-0.2, -0.15) is 0 Å². The first-order chi connectivity index (χ1) is 10.2. The summed E-state index contributed by atoms with van der Waals surface area (Å²) < 4.78 is 11.0. The molecule has 2 aromatic rings. The van der Waals surface area contributed by atoms with Crippen LogP contribution in [-0.4, -0.2) is 18.8 Å². The lowest BCUT2D eigenvalue weighted by molar-refractivity contribution is 0.102. The van der Waals surface area contributed by atoms with Gasteiger partial charge in [0, 0.05) is 0 Å². The minimum absolute atomic E-state index is 0.127. The number of aliphatic hydroxyl groups is 1. The van der Waals surface area contributed by atoms with Crippen molar-refractivity contribution >= 4 is 0 Å². The number of benzene rings is 2. The van der Waals surface area contributed by atoms with E-state index in [-0.39, 0.29) is 5.92 Å². The number of rotatable bonds is 7. The van der Waals surface area contributed by atoms with Gasteiger partial charge < -0.3 is 14.6 Å². The first kappa shape index (κ1) is 15.4. The third kappa shape index (κ3) is 4.23. The van der Waals surface area contributed by atoms with Gasteiger partial charge in [0.05, 0.1) is 19.8 Å². The summed E-state index contributed by atoms with van der Waals surface area (Å²) in [6.45, 7) is 2.58. The normalized spacial score (nSPS) is 13.5. The van der Waals surface area contributed by atoms with Crippen molar-refractivity contribution in [1.82, 2.24) is 0 Å². The summed E-state index contributed by atoms with van der Waals surface area (Å²) in [5.74, 6) is 1.59. The van der Waals surface area contributed by atoms with Gasteiger partial charge in [-0.05, 0) is 30.0 Å². The molecule has 3 nitrogen and oxygen atoms in total. The van der Waals surface area contributed by atoms with Gasteiger partial charge in [-0.15, -0.1) is 0 Å². The first-order valence-corrected chi connectivity index (χ1v) is 7.21. The SMILES string of the molecule is COc1ccccc1OCCC(C)C(O)c1ccccc1. The maximum Gasteiger partial charge on any atom is 0.161 e. The molecule has 0 spiro atoms. The number of aliphatic hydroxyl groups excluding tert-OH is 1. The van der Waals surface area contributed by atoms with Crippen LogP contribution in [0, 0.1) is 5.92 Å². The molecule has 21 heavy (non-hydrogen) atoms. The number of hydrogen-bond donors (Lipinski definition) is 1. The molecule has 0 bridgehead atoms. The maximum absolute atomic E-state index is 10.3. The fourth-order valence-corrected chi connectivity index (χ4v) is 2.23. The number of hydrogen-bond acceptors (Lipinski definition) is 3. The Morgan fingerprint density at radius 2 is 1.57 bits per heavy atom. The van der Waals surface area contributed by atoms with E-state index < -0.39 is 6.10 Å². The second kappa shape index (κ2) is 7.70. The molecule has 0 fully saturated rings. The highest BCUT2D eigenvalue weighted by Crippen LogP contribution is 2.28. The molecule has 2 aromatic carbocycles. The van der Waals surface area contributed by atoms with E-state index in [1.165, 1.54) is 0 Å². The molecule has 112 valence electrons. The second-order valence-electron chi connectivity index (χ2n) is 5.12. The van der Waals surface area contributed by atoms with Gasteiger partial charge in [0.2, 0.25) is 0 Å². The smallest absolute Gasteiger partial charge is 0.161 e. The van der Waals surface area contributed by atoms with Crippen LogP contribution in [0.4, 0.5) is 0 Å². The number of para-hydroxylation sites is 2. The van der Waals surface area contributed by atoms with E-state index in [1.54, 1.807) is 7.11 Å². The van der Waals surface area contributed by atoms with E-state index in [4.69, 9.17) is 9.47 Å². The van der Waals surface area contributed by atoms with Crippen molar-refractivity contribution in [3.63, 3.8) is 0 Å². The van der Waals surface area contributed by atoms with Crippen LogP contribution >= 0.6 is 0 Å². The van der Waals surface area contributed by atoms with Gasteiger partial charge in [0.15, 0.2) is 11.5 Å². The van der Waals surface area contributed by atoms with Gasteiger partial charge in [-0.25, -0.2) is 0 Å². The highest BCUT2D eigenvalue weighted by Gasteiger charge is 2.16. The largest absolute Gasteiger partial charge is 0.493 e. The Hall–Kier alpha value is -2.00. The van der Waals surface area contributed by atoms with Crippen molar-refractivity contribution in [3.05, 3.63) is 60.2 Å². The molecule has 0 amide bonds. The zero-order chi connectivity index (χ0) is 15.1. The molecule has 0 aliphatic carbocycles.